The van der Waals surface area contributed by atoms with Crippen molar-refractivity contribution in [2.45, 2.75) is 58.8 Å². The van der Waals surface area contributed by atoms with Gasteiger partial charge in [-0.05, 0) is 49.9 Å². The van der Waals surface area contributed by atoms with Gasteiger partial charge >= 0.3 is 11.9 Å². The molecule has 0 fully saturated rings. The highest BCUT2D eigenvalue weighted by molar-refractivity contribution is 5.73. The van der Waals surface area contributed by atoms with Crippen LogP contribution in [0.3, 0.4) is 0 Å². The molecule has 0 aliphatic carbocycles. The fourth-order valence-electron chi connectivity index (χ4n) is 2.76. The van der Waals surface area contributed by atoms with Crippen molar-refractivity contribution in [3.05, 3.63) is 59.7 Å². The van der Waals surface area contributed by atoms with Gasteiger partial charge in [-0.25, -0.2) is 0 Å². The summed E-state index contributed by atoms with van der Waals surface area (Å²) in [6.45, 7) is 3.85. The van der Waals surface area contributed by atoms with E-state index in [-0.39, 0.29) is 11.9 Å². The van der Waals surface area contributed by atoms with Crippen LogP contribution in [0.4, 0.5) is 0 Å². The van der Waals surface area contributed by atoms with Crippen LogP contribution in [0.15, 0.2) is 48.5 Å². The monoisotopic (exact) mass is 368 g/mol. The average Bonchev–Trinajstić information content (AvgIpc) is 2.65. The molecule has 4 nitrogen and oxygen atoms in total. The van der Waals surface area contributed by atoms with Crippen LogP contribution in [0.5, 0.6) is 11.5 Å². The van der Waals surface area contributed by atoms with E-state index in [0.717, 1.165) is 43.2 Å². The molecular formula is C23H28O4. The molecule has 0 amide bonds. The number of hydrogen-bond donors (Lipinski definition) is 0. The van der Waals surface area contributed by atoms with E-state index in [4.69, 9.17) is 9.47 Å². The molecule has 0 saturated carbocycles. The normalized spacial score (nSPS) is 10.4. The zero-order chi connectivity index (χ0) is 19.5. The third-order valence-electron chi connectivity index (χ3n) is 4.40. The van der Waals surface area contributed by atoms with Crippen LogP contribution < -0.4 is 9.47 Å². The summed E-state index contributed by atoms with van der Waals surface area (Å²) in [6.07, 6.45) is 5.35. The van der Waals surface area contributed by atoms with Gasteiger partial charge in [0.15, 0.2) is 0 Å². The molecule has 0 saturated heterocycles. The van der Waals surface area contributed by atoms with Crippen LogP contribution in [-0.2, 0) is 9.59 Å². The fraction of sp³-hybridized carbons (Fsp3) is 0.391. The van der Waals surface area contributed by atoms with Gasteiger partial charge in [-0.1, -0.05) is 55.7 Å². The second-order valence-electron chi connectivity index (χ2n) is 6.75. The van der Waals surface area contributed by atoms with Gasteiger partial charge in [0.25, 0.3) is 0 Å². The maximum Gasteiger partial charge on any atom is 0.311 e. The number of rotatable bonds is 10. The van der Waals surface area contributed by atoms with Crippen molar-refractivity contribution in [3.8, 4) is 11.5 Å². The van der Waals surface area contributed by atoms with Crippen molar-refractivity contribution in [3.63, 3.8) is 0 Å². The molecule has 4 heteroatoms. The lowest BCUT2D eigenvalue weighted by atomic mass is 10.1. The number of carbonyl (C=O) groups is 2. The minimum atomic E-state index is -0.189. The molecule has 2 aromatic carbocycles. The van der Waals surface area contributed by atoms with E-state index < -0.39 is 0 Å². The molecule has 0 spiro atoms. The Morgan fingerprint density at radius 3 is 1.41 bits per heavy atom. The number of benzene rings is 2. The minimum Gasteiger partial charge on any atom is -0.426 e. The second-order valence-corrected chi connectivity index (χ2v) is 6.75. The van der Waals surface area contributed by atoms with Gasteiger partial charge in [-0.15, -0.1) is 0 Å². The molecule has 0 N–H and O–H groups in total. The van der Waals surface area contributed by atoms with E-state index in [0.29, 0.717) is 24.3 Å². The Bertz CT molecular complexity index is 688. The summed E-state index contributed by atoms with van der Waals surface area (Å²) in [5.41, 5.74) is 1.92. The number of ether oxygens (including phenoxy) is 2. The maximum absolute atomic E-state index is 11.9. The Balaban J connectivity index is 1.52. The summed E-state index contributed by atoms with van der Waals surface area (Å²) in [6, 6.07) is 15.0. The first-order valence-corrected chi connectivity index (χ1v) is 9.59. The van der Waals surface area contributed by atoms with Gasteiger partial charge in [-0.3, -0.25) is 9.59 Å². The molecule has 2 rings (SSSR count). The van der Waals surface area contributed by atoms with Crippen LogP contribution in [0, 0.1) is 13.8 Å². The lowest BCUT2D eigenvalue weighted by Gasteiger charge is -2.07. The summed E-state index contributed by atoms with van der Waals surface area (Å²) in [4.78, 5) is 23.7. The molecule has 0 bridgehead atoms. The summed E-state index contributed by atoms with van der Waals surface area (Å²) < 4.78 is 10.7. The smallest absolute Gasteiger partial charge is 0.311 e. The maximum atomic E-state index is 11.9. The predicted octanol–water partition coefficient (Wildman–Crippen LogP) is 5.55. The molecule has 0 radical (unpaired) electrons. The van der Waals surface area contributed by atoms with Crippen molar-refractivity contribution >= 4 is 11.9 Å². The first kappa shape index (κ1) is 20.7. The number of aryl methyl sites for hydroxylation is 2. The van der Waals surface area contributed by atoms with Gasteiger partial charge in [0.05, 0.1) is 0 Å². The summed E-state index contributed by atoms with van der Waals surface area (Å²) in [5, 5.41) is 0. The topological polar surface area (TPSA) is 52.6 Å². The van der Waals surface area contributed by atoms with E-state index >= 15 is 0 Å². The van der Waals surface area contributed by atoms with Gasteiger partial charge in [0.2, 0.25) is 0 Å². The lowest BCUT2D eigenvalue weighted by Crippen LogP contribution is -2.08. The molecule has 0 atom stereocenters. The number of esters is 2. The Kier molecular flexibility index (Phi) is 8.56. The lowest BCUT2D eigenvalue weighted by molar-refractivity contribution is -0.135. The zero-order valence-electron chi connectivity index (χ0n) is 16.2. The van der Waals surface area contributed by atoms with E-state index in [1.54, 1.807) is 0 Å². The van der Waals surface area contributed by atoms with Crippen LogP contribution in [-0.4, -0.2) is 11.9 Å². The quantitative estimate of drug-likeness (QED) is 0.314. The van der Waals surface area contributed by atoms with Crippen LogP contribution in [0.2, 0.25) is 0 Å². The van der Waals surface area contributed by atoms with Crippen molar-refractivity contribution in [2.75, 3.05) is 0 Å². The molecule has 0 aliphatic rings. The molecule has 144 valence electrons. The highest BCUT2D eigenvalue weighted by Crippen LogP contribution is 2.19. The molecule has 0 aromatic heterocycles. The summed E-state index contributed by atoms with van der Waals surface area (Å²) in [7, 11) is 0. The van der Waals surface area contributed by atoms with Crippen molar-refractivity contribution in [2.24, 2.45) is 0 Å². The number of hydrogen-bond acceptors (Lipinski definition) is 4. The predicted molar refractivity (Wildman–Crippen MR) is 106 cm³/mol. The third kappa shape index (κ3) is 7.65. The first-order valence-electron chi connectivity index (χ1n) is 9.59. The van der Waals surface area contributed by atoms with Gasteiger partial charge in [0, 0.05) is 12.8 Å². The molecule has 27 heavy (non-hydrogen) atoms. The highest BCUT2D eigenvalue weighted by Gasteiger charge is 2.08. The van der Waals surface area contributed by atoms with E-state index in [2.05, 4.69) is 0 Å². The second kappa shape index (κ2) is 11.2. The number of carbonyl (C=O) groups excluding carboxylic acids is 2. The minimum absolute atomic E-state index is 0.189. The molecule has 0 heterocycles. The van der Waals surface area contributed by atoms with E-state index in [1.807, 2.05) is 62.4 Å². The van der Waals surface area contributed by atoms with Gasteiger partial charge < -0.3 is 9.47 Å². The van der Waals surface area contributed by atoms with Gasteiger partial charge in [0.1, 0.15) is 11.5 Å². The fourth-order valence-corrected chi connectivity index (χ4v) is 2.76. The Morgan fingerprint density at radius 1 is 0.630 bits per heavy atom. The van der Waals surface area contributed by atoms with Gasteiger partial charge in [-0.2, -0.15) is 0 Å². The third-order valence-corrected chi connectivity index (χ3v) is 4.40. The SMILES string of the molecule is Cc1ccccc1OC(=O)CCCCCCCC(=O)Oc1ccccc1C. The van der Waals surface area contributed by atoms with Crippen molar-refractivity contribution < 1.29 is 19.1 Å². The van der Waals surface area contributed by atoms with Crippen LogP contribution in [0.25, 0.3) is 0 Å². The Labute approximate surface area is 161 Å². The standard InChI is InChI=1S/C23H28O4/c1-18-12-8-10-14-20(18)26-22(24)16-6-4-3-5-7-17-23(25)27-21-15-11-9-13-19(21)2/h8-15H,3-7,16-17H2,1-2H3. The van der Waals surface area contributed by atoms with E-state index in [1.165, 1.54) is 0 Å². The van der Waals surface area contributed by atoms with E-state index in [9.17, 15) is 9.59 Å². The largest absolute Gasteiger partial charge is 0.426 e. The first-order chi connectivity index (χ1) is 13.1. The Morgan fingerprint density at radius 2 is 1.00 bits per heavy atom. The number of unbranched alkanes of at least 4 members (excludes halogenated alkanes) is 4. The van der Waals surface area contributed by atoms with Crippen molar-refractivity contribution in [1.82, 2.24) is 0 Å². The molecule has 0 aliphatic heterocycles. The van der Waals surface area contributed by atoms with Crippen LogP contribution >= 0.6 is 0 Å². The average molecular weight is 368 g/mol. The summed E-state index contributed by atoms with van der Waals surface area (Å²) in [5.74, 6) is 0.890. The van der Waals surface area contributed by atoms with Crippen molar-refractivity contribution in [1.29, 1.82) is 0 Å². The zero-order valence-corrected chi connectivity index (χ0v) is 16.2. The Hall–Kier alpha value is -2.62. The molecular weight excluding hydrogens is 340 g/mol. The molecule has 0 unspecified atom stereocenters. The summed E-state index contributed by atoms with van der Waals surface area (Å²) >= 11 is 0. The highest BCUT2D eigenvalue weighted by atomic mass is 16.5. The number of para-hydroxylation sites is 2. The molecule has 2 aromatic rings. The van der Waals surface area contributed by atoms with Crippen LogP contribution in [0.1, 0.15) is 56.1 Å².